The molecule has 1 atom stereocenters. The molecule has 2 rings (SSSR count). The Morgan fingerprint density at radius 1 is 1.23 bits per heavy atom. The summed E-state index contributed by atoms with van der Waals surface area (Å²) in [7, 11) is 0. The molecular weight excluding hydrogens is 346 g/mol. The Morgan fingerprint density at radius 3 is 2.38 bits per heavy atom. The van der Waals surface area contributed by atoms with Gasteiger partial charge in [-0.3, -0.25) is 14.5 Å². The van der Waals surface area contributed by atoms with Crippen molar-refractivity contribution < 1.29 is 27.8 Å². The van der Waals surface area contributed by atoms with Crippen LogP contribution in [-0.2, 0) is 14.3 Å². The topological polar surface area (TPSA) is 67.9 Å². The third kappa shape index (κ3) is 5.66. The zero-order valence-corrected chi connectivity index (χ0v) is 14.9. The Morgan fingerprint density at radius 2 is 1.85 bits per heavy atom. The zero-order chi connectivity index (χ0) is 19.1. The van der Waals surface area contributed by atoms with Crippen LogP contribution in [0.25, 0.3) is 0 Å². The monoisotopic (exact) mass is 370 g/mol. The van der Waals surface area contributed by atoms with Crippen molar-refractivity contribution in [2.45, 2.75) is 39.3 Å². The average Bonchev–Trinajstić information content (AvgIpc) is 2.62. The van der Waals surface area contributed by atoms with E-state index in [4.69, 9.17) is 4.74 Å². The van der Waals surface area contributed by atoms with Crippen LogP contribution < -0.4 is 10.1 Å². The second kappa shape index (κ2) is 9.47. The van der Waals surface area contributed by atoms with Gasteiger partial charge < -0.3 is 14.8 Å². The smallest absolute Gasteiger partial charge is 0.387 e. The normalized spacial score (nSPS) is 17.0. The molecule has 26 heavy (non-hydrogen) atoms. The van der Waals surface area contributed by atoms with E-state index >= 15 is 0 Å². The molecule has 1 fully saturated rings. The van der Waals surface area contributed by atoms with E-state index in [1.54, 1.807) is 13.8 Å². The van der Waals surface area contributed by atoms with E-state index in [1.165, 1.54) is 24.3 Å². The molecule has 0 aliphatic carbocycles. The van der Waals surface area contributed by atoms with Crippen LogP contribution in [0.2, 0.25) is 0 Å². The van der Waals surface area contributed by atoms with E-state index in [1.807, 2.05) is 4.90 Å². The van der Waals surface area contributed by atoms with E-state index in [-0.39, 0.29) is 29.6 Å². The highest BCUT2D eigenvalue weighted by Gasteiger charge is 2.30. The number of esters is 1. The number of hydrogen-bond acceptors (Lipinski definition) is 5. The number of rotatable bonds is 7. The third-order valence-corrected chi connectivity index (χ3v) is 4.42. The van der Waals surface area contributed by atoms with Gasteiger partial charge in [0.2, 0.25) is 5.91 Å². The van der Waals surface area contributed by atoms with Gasteiger partial charge in [-0.2, -0.15) is 8.78 Å². The Kier molecular flexibility index (Phi) is 7.32. The maximum Gasteiger partial charge on any atom is 0.387 e. The largest absolute Gasteiger partial charge is 0.466 e. The minimum atomic E-state index is -2.88. The summed E-state index contributed by atoms with van der Waals surface area (Å²) in [6, 6.07) is 5.40. The number of hydrogen-bond donors (Lipinski definition) is 1. The molecule has 0 radical (unpaired) electrons. The molecule has 1 aromatic carbocycles. The summed E-state index contributed by atoms with van der Waals surface area (Å²) >= 11 is 0. The lowest BCUT2D eigenvalue weighted by atomic mass is 9.96. The van der Waals surface area contributed by atoms with Gasteiger partial charge in [-0.15, -0.1) is 0 Å². The average molecular weight is 370 g/mol. The number of piperidine rings is 1. The molecule has 1 N–H and O–H groups in total. The van der Waals surface area contributed by atoms with Gasteiger partial charge in [-0.25, -0.2) is 0 Å². The van der Waals surface area contributed by atoms with Gasteiger partial charge in [0, 0.05) is 5.69 Å². The van der Waals surface area contributed by atoms with Crippen molar-refractivity contribution in [2.75, 3.05) is 25.0 Å². The number of amides is 1. The Balaban J connectivity index is 1.83. The van der Waals surface area contributed by atoms with Gasteiger partial charge in [0.25, 0.3) is 0 Å². The number of ether oxygens (including phenoxy) is 2. The standard InChI is InChI=1S/C18H24F2N2O4/c1-3-25-17(24)13-8-10-22(11-9-13)12(2)16(23)21-14-4-6-15(7-5-14)26-18(19)20/h4-7,12-13,18H,3,8-11H2,1-2H3,(H,21,23)/t12-/m1/s1. The Labute approximate surface area is 151 Å². The first-order chi connectivity index (χ1) is 12.4. The molecular formula is C18H24F2N2O4. The second-order valence-electron chi connectivity index (χ2n) is 6.13. The van der Waals surface area contributed by atoms with Crippen LogP contribution in [-0.4, -0.2) is 49.1 Å². The fraction of sp³-hybridized carbons (Fsp3) is 0.556. The Bertz CT molecular complexity index is 602. The molecule has 0 aromatic heterocycles. The summed E-state index contributed by atoms with van der Waals surface area (Å²) in [6.45, 7) is 2.35. The second-order valence-corrected chi connectivity index (χ2v) is 6.13. The molecule has 1 aromatic rings. The molecule has 1 saturated heterocycles. The van der Waals surface area contributed by atoms with Crippen molar-refractivity contribution in [3.05, 3.63) is 24.3 Å². The fourth-order valence-corrected chi connectivity index (χ4v) is 2.91. The lowest BCUT2D eigenvalue weighted by molar-refractivity contribution is -0.149. The molecule has 0 spiro atoms. The SMILES string of the molecule is CCOC(=O)C1CCN([C@H](C)C(=O)Nc2ccc(OC(F)F)cc2)CC1. The summed E-state index contributed by atoms with van der Waals surface area (Å²) < 4.78 is 33.6. The molecule has 1 amide bonds. The number of carbonyl (C=O) groups is 2. The highest BCUT2D eigenvalue weighted by Crippen LogP contribution is 2.22. The molecule has 6 nitrogen and oxygen atoms in total. The van der Waals surface area contributed by atoms with Crippen molar-refractivity contribution in [3.8, 4) is 5.75 Å². The first-order valence-electron chi connectivity index (χ1n) is 8.67. The highest BCUT2D eigenvalue weighted by atomic mass is 19.3. The summed E-state index contributed by atoms with van der Waals surface area (Å²) in [5.41, 5.74) is 0.505. The number of alkyl halides is 2. The van der Waals surface area contributed by atoms with Gasteiger partial charge in [-0.05, 0) is 64.0 Å². The lowest BCUT2D eigenvalue weighted by Crippen LogP contribution is -2.47. The van der Waals surface area contributed by atoms with Crippen LogP contribution >= 0.6 is 0 Å². The quantitative estimate of drug-likeness (QED) is 0.748. The van der Waals surface area contributed by atoms with E-state index < -0.39 is 6.61 Å². The molecule has 0 unspecified atom stereocenters. The summed E-state index contributed by atoms with van der Waals surface area (Å²) in [5, 5.41) is 2.76. The van der Waals surface area contributed by atoms with E-state index in [9.17, 15) is 18.4 Å². The van der Waals surface area contributed by atoms with Crippen molar-refractivity contribution in [1.82, 2.24) is 4.90 Å². The van der Waals surface area contributed by atoms with Crippen molar-refractivity contribution in [3.63, 3.8) is 0 Å². The maximum atomic E-state index is 12.4. The van der Waals surface area contributed by atoms with Crippen LogP contribution in [0, 0.1) is 5.92 Å². The van der Waals surface area contributed by atoms with E-state index in [2.05, 4.69) is 10.1 Å². The van der Waals surface area contributed by atoms with Crippen LogP contribution in [0.15, 0.2) is 24.3 Å². The first kappa shape index (κ1) is 20.1. The molecule has 1 aliphatic rings. The van der Waals surface area contributed by atoms with Crippen LogP contribution in [0.5, 0.6) is 5.75 Å². The van der Waals surface area contributed by atoms with Gasteiger partial charge in [0.05, 0.1) is 18.6 Å². The van der Waals surface area contributed by atoms with Crippen LogP contribution in [0.4, 0.5) is 14.5 Å². The summed E-state index contributed by atoms with van der Waals surface area (Å²) in [5.74, 6) is -0.437. The number of likely N-dealkylation sites (tertiary alicyclic amines) is 1. The highest BCUT2D eigenvalue weighted by molar-refractivity contribution is 5.94. The molecule has 0 saturated carbocycles. The Hall–Kier alpha value is -2.22. The summed E-state index contributed by atoms with van der Waals surface area (Å²) in [4.78, 5) is 26.2. The fourth-order valence-electron chi connectivity index (χ4n) is 2.91. The van der Waals surface area contributed by atoms with Crippen molar-refractivity contribution in [2.24, 2.45) is 5.92 Å². The van der Waals surface area contributed by atoms with E-state index in [0.29, 0.717) is 38.2 Å². The maximum absolute atomic E-state index is 12.4. The van der Waals surface area contributed by atoms with E-state index in [0.717, 1.165) is 0 Å². The predicted molar refractivity (Wildman–Crippen MR) is 92.1 cm³/mol. The molecule has 144 valence electrons. The molecule has 1 heterocycles. The molecule has 8 heteroatoms. The van der Waals surface area contributed by atoms with Gasteiger partial charge in [0.15, 0.2) is 0 Å². The number of carbonyl (C=O) groups excluding carboxylic acids is 2. The summed E-state index contributed by atoms with van der Waals surface area (Å²) in [6.07, 6.45) is 1.33. The van der Waals surface area contributed by atoms with Gasteiger partial charge in [0.1, 0.15) is 5.75 Å². The number of nitrogens with one attached hydrogen (secondary N) is 1. The minimum Gasteiger partial charge on any atom is -0.466 e. The first-order valence-corrected chi connectivity index (χ1v) is 8.67. The zero-order valence-electron chi connectivity index (χ0n) is 14.9. The molecule has 0 bridgehead atoms. The van der Waals surface area contributed by atoms with Gasteiger partial charge in [-0.1, -0.05) is 0 Å². The van der Waals surface area contributed by atoms with Gasteiger partial charge >= 0.3 is 12.6 Å². The van der Waals surface area contributed by atoms with Crippen LogP contribution in [0.1, 0.15) is 26.7 Å². The lowest BCUT2D eigenvalue weighted by Gasteiger charge is -2.34. The number of nitrogens with zero attached hydrogens (tertiary/aromatic N) is 1. The van der Waals surface area contributed by atoms with Crippen LogP contribution in [0.3, 0.4) is 0 Å². The minimum absolute atomic E-state index is 0.0343. The predicted octanol–water partition coefficient (Wildman–Crippen LogP) is 2.89. The third-order valence-electron chi connectivity index (χ3n) is 4.42. The number of halogens is 2. The molecule has 1 aliphatic heterocycles. The van der Waals surface area contributed by atoms with Crippen molar-refractivity contribution >= 4 is 17.6 Å². The van der Waals surface area contributed by atoms with Crippen molar-refractivity contribution in [1.29, 1.82) is 0 Å². The number of anilines is 1. The number of benzene rings is 1.